The summed E-state index contributed by atoms with van der Waals surface area (Å²) in [6.45, 7) is 13.4. The average molecular weight is 1090 g/mol. The quantitative estimate of drug-likeness (QED) is 0.0906. The van der Waals surface area contributed by atoms with Gasteiger partial charge in [-0.25, -0.2) is 9.97 Å². The van der Waals surface area contributed by atoms with Gasteiger partial charge < -0.3 is 39.8 Å². The van der Waals surface area contributed by atoms with Crippen LogP contribution in [-0.2, 0) is 6.54 Å². The molecule has 8 aromatic rings. The number of aliphatic hydroxyl groups is 2. The van der Waals surface area contributed by atoms with E-state index in [2.05, 4.69) is 73.3 Å². The van der Waals surface area contributed by atoms with Crippen LogP contribution in [0.15, 0.2) is 110 Å². The molecule has 2 aliphatic carbocycles. The van der Waals surface area contributed by atoms with Crippen molar-refractivity contribution in [1.29, 1.82) is 0 Å². The van der Waals surface area contributed by atoms with Crippen molar-refractivity contribution in [3.63, 3.8) is 0 Å². The lowest BCUT2D eigenvalue weighted by atomic mass is 9.89. The maximum atomic E-state index is 13.3. The van der Waals surface area contributed by atoms with E-state index in [9.17, 15) is 19.8 Å². The normalized spacial score (nSPS) is 20.4. The van der Waals surface area contributed by atoms with E-state index in [1.165, 1.54) is 22.3 Å². The lowest BCUT2D eigenvalue weighted by molar-refractivity contribution is 0.0705. The number of nitrogens with zero attached hydrogens (tertiary/aromatic N) is 10. The van der Waals surface area contributed by atoms with E-state index < -0.39 is 0 Å². The highest BCUT2D eigenvalue weighted by molar-refractivity contribution is 5.95. The van der Waals surface area contributed by atoms with Crippen LogP contribution in [0.1, 0.15) is 180 Å². The number of rotatable bonds is 12. The highest BCUT2D eigenvalue weighted by Gasteiger charge is 2.32. The van der Waals surface area contributed by atoms with Crippen LogP contribution in [0.5, 0.6) is 0 Å². The largest absolute Gasteiger partial charge is 0.393 e. The van der Waals surface area contributed by atoms with Crippen LogP contribution in [-0.4, -0.2) is 109 Å². The van der Waals surface area contributed by atoms with Gasteiger partial charge in [0.1, 0.15) is 11.3 Å². The molecule has 1 atom stereocenters. The Morgan fingerprint density at radius 1 is 0.543 bits per heavy atom. The Kier molecular flexibility index (Phi) is 16.9. The van der Waals surface area contributed by atoms with Gasteiger partial charge in [0.05, 0.1) is 18.2 Å². The van der Waals surface area contributed by atoms with E-state index in [-0.39, 0.29) is 30.1 Å². The van der Waals surface area contributed by atoms with Gasteiger partial charge in [-0.3, -0.25) is 19.6 Å². The van der Waals surface area contributed by atoms with Crippen molar-refractivity contribution in [2.45, 2.75) is 160 Å². The van der Waals surface area contributed by atoms with Crippen LogP contribution in [0.25, 0.3) is 22.1 Å². The number of likely N-dealkylation sites (tertiary alicyclic amines) is 2. The van der Waals surface area contributed by atoms with E-state index in [1.807, 2.05) is 111 Å². The molecular formula is C65H78N12O4. The molecule has 0 spiro atoms. The van der Waals surface area contributed by atoms with Gasteiger partial charge in [-0.1, -0.05) is 60.7 Å². The first-order chi connectivity index (χ1) is 39.3. The topological polar surface area (TPSA) is 192 Å². The minimum absolute atomic E-state index is 0.0798. The first kappa shape index (κ1) is 55.4. The summed E-state index contributed by atoms with van der Waals surface area (Å²) >= 11 is 0. The number of amides is 2. The van der Waals surface area contributed by atoms with E-state index in [4.69, 9.17) is 19.9 Å². The first-order valence-electron chi connectivity index (χ1n) is 29.5. The summed E-state index contributed by atoms with van der Waals surface area (Å²) in [5, 5.41) is 29.4. The molecule has 2 saturated carbocycles. The van der Waals surface area contributed by atoms with Crippen molar-refractivity contribution in [3.8, 4) is 0 Å². The van der Waals surface area contributed by atoms with Crippen LogP contribution in [0, 0.1) is 27.7 Å². The molecule has 16 heteroatoms. The van der Waals surface area contributed by atoms with Crippen LogP contribution in [0.2, 0.25) is 0 Å². The second-order valence-corrected chi connectivity index (χ2v) is 23.3. The lowest BCUT2D eigenvalue weighted by Crippen LogP contribution is -2.38. The fourth-order valence-electron chi connectivity index (χ4n) is 13.0. The number of hydrogen-bond donors (Lipinski definition) is 4. The average Bonchev–Trinajstić information content (AvgIpc) is 4.23. The Balaban J connectivity index is 0.000000170. The van der Waals surface area contributed by atoms with Gasteiger partial charge in [-0.05, 0) is 170 Å². The molecular weight excluding hydrogens is 1010 g/mol. The molecule has 2 aromatic carbocycles. The molecule has 0 unspecified atom stereocenters. The number of aliphatic hydroxyl groups excluding tert-OH is 2. The number of carbonyl (C=O) groups is 2. The van der Waals surface area contributed by atoms with Gasteiger partial charge in [0.2, 0.25) is 11.9 Å². The zero-order valence-electron chi connectivity index (χ0n) is 47.6. The smallest absolute Gasteiger partial charge is 0.253 e. The van der Waals surface area contributed by atoms with Gasteiger partial charge in [-0.15, -0.1) is 0 Å². The zero-order valence-corrected chi connectivity index (χ0v) is 47.6. The van der Waals surface area contributed by atoms with E-state index in [1.54, 1.807) is 0 Å². The second kappa shape index (κ2) is 24.7. The zero-order chi connectivity index (χ0) is 56.1. The molecule has 81 heavy (non-hydrogen) atoms. The molecule has 4 fully saturated rings. The molecule has 4 N–H and O–H groups in total. The Morgan fingerprint density at radius 2 is 0.951 bits per heavy atom. The Morgan fingerprint density at radius 3 is 1.40 bits per heavy atom. The molecule has 2 aliphatic heterocycles. The third-order valence-electron chi connectivity index (χ3n) is 17.4. The number of nitrogens with one attached hydrogen (secondary N) is 2. The van der Waals surface area contributed by atoms with Crippen LogP contribution >= 0.6 is 0 Å². The number of fused-ring (bicyclic) bond motifs is 2. The number of pyridine rings is 2. The van der Waals surface area contributed by atoms with Gasteiger partial charge in [0, 0.05) is 114 Å². The van der Waals surface area contributed by atoms with Crippen LogP contribution < -0.4 is 10.6 Å². The van der Waals surface area contributed by atoms with Crippen molar-refractivity contribution in [1.82, 2.24) is 48.8 Å². The minimum atomic E-state index is -0.207. The third-order valence-corrected chi connectivity index (χ3v) is 17.4. The standard InChI is InChI=1S/C33H40N6O2.C32H38N6O2/c1-21-17-26(18-22(2)35-21)32(41)38-15-13-25(14-16-38)30-20-39(27-9-11-28(40)12-10-27)31-29(30)19-34-33(37-31)36-23(3)24-7-5-4-6-8-24;1-21-16-25(17-22(2)35-21)31(40)37-14-12-24(13-15-37)29-20-38(26-8-10-27(39)11-9-26)30-28(29)19-34-32(36-30)33-18-23-6-4-3-5-7-23/h4-8,17-20,23,25,27-28,40H,9-16H2,1-3H3,(H,34,36,37);3-7,16-17,19-20,24,26-27,39H,8-15,18H2,1-2H3,(H,33,34,36)/t23-,27?,28?;/m0./s1. The number of aromatic nitrogens is 8. The molecule has 2 saturated heterocycles. The van der Waals surface area contributed by atoms with Gasteiger partial charge >= 0.3 is 0 Å². The molecule has 0 radical (unpaired) electrons. The molecule has 8 heterocycles. The number of anilines is 2. The summed E-state index contributed by atoms with van der Waals surface area (Å²) in [4.78, 5) is 58.8. The Labute approximate surface area is 475 Å². The van der Waals surface area contributed by atoms with Crippen LogP contribution in [0.3, 0.4) is 0 Å². The number of benzene rings is 2. The molecule has 6 aromatic heterocycles. The Bertz CT molecular complexity index is 3420. The summed E-state index contributed by atoms with van der Waals surface area (Å²) in [6, 6.07) is 28.9. The van der Waals surface area contributed by atoms with Gasteiger partial charge in [0.15, 0.2) is 0 Å². The molecule has 12 rings (SSSR count). The molecule has 4 aliphatic rings. The summed E-state index contributed by atoms with van der Waals surface area (Å²) < 4.78 is 4.68. The van der Waals surface area contributed by atoms with Gasteiger partial charge in [0.25, 0.3) is 11.8 Å². The van der Waals surface area contributed by atoms with Crippen molar-refractivity contribution in [2.24, 2.45) is 0 Å². The molecule has 16 nitrogen and oxygen atoms in total. The van der Waals surface area contributed by atoms with Crippen molar-refractivity contribution < 1.29 is 19.8 Å². The monoisotopic (exact) mass is 1090 g/mol. The molecule has 2 amide bonds. The fourth-order valence-corrected chi connectivity index (χ4v) is 13.0. The number of hydrogen-bond acceptors (Lipinski definition) is 12. The van der Waals surface area contributed by atoms with E-state index >= 15 is 0 Å². The highest BCUT2D eigenvalue weighted by atomic mass is 16.3. The van der Waals surface area contributed by atoms with Crippen molar-refractivity contribution in [3.05, 3.63) is 166 Å². The minimum Gasteiger partial charge on any atom is -0.393 e. The van der Waals surface area contributed by atoms with Crippen molar-refractivity contribution in [2.75, 3.05) is 36.8 Å². The number of piperidine rings is 2. The molecule has 422 valence electrons. The van der Waals surface area contributed by atoms with E-state index in [0.717, 1.165) is 159 Å². The summed E-state index contributed by atoms with van der Waals surface area (Å²) in [7, 11) is 0. The maximum Gasteiger partial charge on any atom is 0.253 e. The van der Waals surface area contributed by atoms with E-state index in [0.29, 0.717) is 42.4 Å². The third kappa shape index (κ3) is 12.8. The first-order valence-corrected chi connectivity index (χ1v) is 29.5. The van der Waals surface area contributed by atoms with Crippen LogP contribution in [0.4, 0.5) is 11.9 Å². The maximum absolute atomic E-state index is 13.3. The second-order valence-electron chi connectivity index (χ2n) is 23.3. The summed E-state index contributed by atoms with van der Waals surface area (Å²) in [5.74, 6) is 2.11. The van der Waals surface area contributed by atoms with Gasteiger partial charge in [-0.2, -0.15) is 9.97 Å². The predicted molar refractivity (Wildman–Crippen MR) is 318 cm³/mol. The summed E-state index contributed by atoms with van der Waals surface area (Å²) in [5.41, 5.74) is 11.8. The number of carbonyl (C=O) groups excluding carboxylic acids is 2. The highest BCUT2D eigenvalue weighted by Crippen LogP contribution is 2.41. The number of aryl methyl sites for hydroxylation is 4. The molecule has 0 bridgehead atoms. The Hall–Kier alpha value is -7.56. The lowest BCUT2D eigenvalue weighted by Gasteiger charge is -2.32. The predicted octanol–water partition coefficient (Wildman–Crippen LogP) is 11.7. The fraction of sp³-hybridized carbons (Fsp3) is 0.446. The van der Waals surface area contributed by atoms with Crippen molar-refractivity contribution >= 4 is 45.8 Å². The summed E-state index contributed by atoms with van der Waals surface area (Å²) in [6.07, 6.45) is 18.8. The SMILES string of the molecule is Cc1cc(C(=O)N2CCC(c3cn(C4CCC(O)CC4)c4nc(NCc5ccccc5)ncc34)CC2)cc(C)n1.Cc1cc(C(=O)N2CCC(c3cn(C4CCC(O)CC4)c4nc(N[C@@H](C)c5ccccc5)ncc34)CC2)cc(C)n1.